The van der Waals surface area contributed by atoms with Crippen molar-refractivity contribution in [2.75, 3.05) is 6.54 Å². The van der Waals surface area contributed by atoms with E-state index in [1.807, 2.05) is 0 Å². The minimum absolute atomic E-state index is 0.346. The number of allylic oxidation sites excluding steroid dienone is 1. The zero-order valence-electron chi connectivity index (χ0n) is 9.85. The maximum Gasteiger partial charge on any atom is 0.0645 e. The van der Waals surface area contributed by atoms with Gasteiger partial charge in [-0.3, -0.25) is 0 Å². The van der Waals surface area contributed by atoms with E-state index in [0.717, 1.165) is 11.6 Å². The van der Waals surface area contributed by atoms with Gasteiger partial charge in [-0.25, -0.2) is 0 Å². The van der Waals surface area contributed by atoms with Crippen molar-refractivity contribution >= 4 is 22.9 Å². The summed E-state index contributed by atoms with van der Waals surface area (Å²) in [5.74, 6) is 0. The maximum atomic E-state index is 6.36. The zero-order chi connectivity index (χ0) is 11.5. The molecule has 1 N–H and O–H groups in total. The quantitative estimate of drug-likeness (QED) is 0.783. The van der Waals surface area contributed by atoms with Crippen LogP contribution in [0.4, 0.5) is 0 Å². The highest BCUT2D eigenvalue weighted by atomic mass is 35.5. The third-order valence-corrected chi connectivity index (χ3v) is 4.82. The average molecular weight is 256 g/mol. The van der Waals surface area contributed by atoms with E-state index < -0.39 is 0 Å². The molecule has 88 valence electrons. The summed E-state index contributed by atoms with van der Waals surface area (Å²) in [4.78, 5) is 1.29. The van der Waals surface area contributed by atoms with Gasteiger partial charge in [0.1, 0.15) is 0 Å². The van der Waals surface area contributed by atoms with Gasteiger partial charge in [0.2, 0.25) is 0 Å². The lowest BCUT2D eigenvalue weighted by molar-refractivity contribution is 0.614. The lowest BCUT2D eigenvalue weighted by Crippen LogP contribution is -2.21. The van der Waals surface area contributed by atoms with Crippen molar-refractivity contribution in [2.24, 2.45) is 0 Å². The fourth-order valence-corrected chi connectivity index (χ4v) is 3.62. The molecule has 1 aliphatic carbocycles. The summed E-state index contributed by atoms with van der Waals surface area (Å²) < 4.78 is 0. The molecule has 0 fully saturated rings. The van der Waals surface area contributed by atoms with Crippen LogP contribution in [0.3, 0.4) is 0 Å². The van der Waals surface area contributed by atoms with E-state index in [1.54, 1.807) is 11.3 Å². The van der Waals surface area contributed by atoms with E-state index >= 15 is 0 Å². The second-order valence-corrected chi connectivity index (χ2v) is 5.55. The number of hydrogen-bond donors (Lipinski definition) is 1. The first-order valence-electron chi connectivity index (χ1n) is 5.89. The molecule has 16 heavy (non-hydrogen) atoms. The molecule has 2 rings (SSSR count). The first-order valence-corrected chi connectivity index (χ1v) is 7.15. The zero-order valence-corrected chi connectivity index (χ0v) is 11.4. The molecule has 1 atom stereocenters. The Balaban J connectivity index is 2.28. The Hall–Kier alpha value is -0.310. The largest absolute Gasteiger partial charge is 0.306 e. The number of aryl methyl sites for hydroxylation is 1. The highest BCUT2D eigenvalue weighted by Gasteiger charge is 2.22. The topological polar surface area (TPSA) is 12.0 Å². The van der Waals surface area contributed by atoms with Crippen molar-refractivity contribution in [1.29, 1.82) is 0 Å². The summed E-state index contributed by atoms with van der Waals surface area (Å²) in [6, 6.07) is 0.346. The number of likely N-dealkylation sites (N-methyl/N-ethyl adjacent to an activating group) is 1. The van der Waals surface area contributed by atoms with E-state index in [-0.39, 0.29) is 0 Å². The predicted molar refractivity (Wildman–Crippen MR) is 72.4 cm³/mol. The van der Waals surface area contributed by atoms with Gasteiger partial charge in [-0.05, 0) is 43.7 Å². The summed E-state index contributed by atoms with van der Waals surface area (Å²) in [6.07, 6.45) is 6.10. The molecule has 1 aromatic heterocycles. The van der Waals surface area contributed by atoms with Crippen LogP contribution in [-0.4, -0.2) is 6.54 Å². The van der Waals surface area contributed by atoms with Crippen LogP contribution in [0.1, 0.15) is 42.7 Å². The molecule has 0 aromatic carbocycles. The van der Waals surface area contributed by atoms with E-state index in [0.29, 0.717) is 6.04 Å². The predicted octanol–water partition coefficient (Wildman–Crippen LogP) is 4.47. The fraction of sp³-hybridized carbons (Fsp3) is 0.538. The van der Waals surface area contributed by atoms with Gasteiger partial charge in [0.15, 0.2) is 0 Å². The van der Waals surface area contributed by atoms with Crippen LogP contribution in [0.15, 0.2) is 17.0 Å². The van der Waals surface area contributed by atoms with E-state index in [4.69, 9.17) is 11.6 Å². The van der Waals surface area contributed by atoms with Crippen LogP contribution in [0.2, 0.25) is 5.02 Å². The van der Waals surface area contributed by atoms with Gasteiger partial charge >= 0.3 is 0 Å². The van der Waals surface area contributed by atoms with Crippen LogP contribution in [0, 0.1) is 6.92 Å². The summed E-state index contributed by atoms with van der Waals surface area (Å²) in [7, 11) is 0. The SMILES string of the molecule is CCNC(C1=CCCC1)c1scc(C)c1Cl. The normalized spacial score (nSPS) is 17.6. The van der Waals surface area contributed by atoms with Crippen LogP contribution in [-0.2, 0) is 0 Å². The minimum atomic E-state index is 0.346. The van der Waals surface area contributed by atoms with Crippen molar-refractivity contribution in [3.8, 4) is 0 Å². The third-order valence-electron chi connectivity index (χ3n) is 3.04. The first-order chi connectivity index (χ1) is 7.74. The van der Waals surface area contributed by atoms with Gasteiger partial charge in [-0.1, -0.05) is 30.2 Å². The maximum absolute atomic E-state index is 6.36. The highest BCUT2D eigenvalue weighted by molar-refractivity contribution is 7.10. The molecule has 0 saturated carbocycles. The monoisotopic (exact) mass is 255 g/mol. The summed E-state index contributed by atoms with van der Waals surface area (Å²) in [6.45, 7) is 5.21. The standard InChI is InChI=1S/C13H18ClNS/c1-3-15-12(10-6-4-5-7-10)13-11(14)9(2)8-16-13/h6,8,12,15H,3-5,7H2,1-2H3. The second-order valence-electron chi connectivity index (χ2n) is 4.26. The Labute approximate surface area is 107 Å². The molecular weight excluding hydrogens is 238 g/mol. The van der Waals surface area contributed by atoms with Crippen LogP contribution in [0.5, 0.6) is 0 Å². The molecule has 0 amide bonds. The minimum Gasteiger partial charge on any atom is -0.306 e. The Kier molecular flexibility index (Phi) is 4.06. The van der Waals surface area contributed by atoms with Gasteiger partial charge in [0, 0.05) is 4.88 Å². The molecule has 0 radical (unpaired) electrons. The van der Waals surface area contributed by atoms with Gasteiger partial charge in [-0.2, -0.15) is 0 Å². The van der Waals surface area contributed by atoms with Crippen molar-refractivity contribution in [3.05, 3.63) is 32.5 Å². The Morgan fingerprint density at radius 2 is 2.38 bits per heavy atom. The van der Waals surface area contributed by atoms with Crippen molar-refractivity contribution in [3.63, 3.8) is 0 Å². The second kappa shape index (κ2) is 5.35. The molecule has 1 unspecified atom stereocenters. The number of thiophene rings is 1. The van der Waals surface area contributed by atoms with E-state index in [1.165, 1.54) is 35.3 Å². The molecule has 1 heterocycles. The molecule has 0 aliphatic heterocycles. The van der Waals surface area contributed by atoms with Gasteiger partial charge in [0.05, 0.1) is 11.1 Å². The summed E-state index contributed by atoms with van der Waals surface area (Å²) in [5, 5.41) is 6.65. The molecule has 0 saturated heterocycles. The van der Waals surface area contributed by atoms with Crippen molar-refractivity contribution in [1.82, 2.24) is 5.32 Å². The number of hydrogen-bond acceptors (Lipinski definition) is 2. The number of nitrogens with one attached hydrogen (secondary N) is 1. The van der Waals surface area contributed by atoms with Crippen molar-refractivity contribution < 1.29 is 0 Å². The summed E-state index contributed by atoms with van der Waals surface area (Å²) >= 11 is 8.14. The van der Waals surface area contributed by atoms with E-state index in [9.17, 15) is 0 Å². The highest BCUT2D eigenvalue weighted by Crippen LogP contribution is 2.38. The van der Waals surface area contributed by atoms with Gasteiger partial charge in [0.25, 0.3) is 0 Å². The fourth-order valence-electron chi connectivity index (χ4n) is 2.20. The summed E-state index contributed by atoms with van der Waals surface area (Å²) in [5.41, 5.74) is 2.72. The Bertz CT molecular complexity index is 395. The molecular formula is C13H18ClNS. The molecule has 0 bridgehead atoms. The molecule has 0 spiro atoms. The van der Waals surface area contributed by atoms with Crippen molar-refractivity contribution in [2.45, 2.75) is 39.2 Å². The lowest BCUT2D eigenvalue weighted by Gasteiger charge is -2.18. The molecule has 1 aromatic rings. The van der Waals surface area contributed by atoms with Gasteiger partial charge < -0.3 is 5.32 Å². The average Bonchev–Trinajstić information content (AvgIpc) is 2.89. The Morgan fingerprint density at radius 3 is 2.88 bits per heavy atom. The molecule has 1 aliphatic rings. The smallest absolute Gasteiger partial charge is 0.0645 e. The van der Waals surface area contributed by atoms with E-state index in [2.05, 4.69) is 30.6 Å². The lowest BCUT2D eigenvalue weighted by atomic mass is 10.0. The number of rotatable bonds is 4. The third kappa shape index (κ3) is 2.34. The molecule has 3 heteroatoms. The van der Waals surface area contributed by atoms with Crippen LogP contribution < -0.4 is 5.32 Å². The van der Waals surface area contributed by atoms with Crippen LogP contribution in [0.25, 0.3) is 0 Å². The van der Waals surface area contributed by atoms with Crippen LogP contribution >= 0.6 is 22.9 Å². The number of halogens is 1. The van der Waals surface area contributed by atoms with Gasteiger partial charge in [-0.15, -0.1) is 11.3 Å². The Morgan fingerprint density at radius 1 is 1.56 bits per heavy atom. The molecule has 1 nitrogen and oxygen atoms in total. The first kappa shape index (κ1) is 12.2.